The number of aromatic amines is 1. The zero-order chi connectivity index (χ0) is 23.8. The van der Waals surface area contributed by atoms with Gasteiger partial charge in [-0.3, -0.25) is 0 Å². The predicted molar refractivity (Wildman–Crippen MR) is 125 cm³/mol. The van der Waals surface area contributed by atoms with E-state index >= 15 is 0 Å². The number of hydrogen-bond donors (Lipinski definition) is 2. The number of sulfonamides is 1. The Balaban J connectivity index is 1.75. The monoisotopic (exact) mass is 474 g/mol. The van der Waals surface area contributed by atoms with Gasteiger partial charge in [0.25, 0.3) is 0 Å². The van der Waals surface area contributed by atoms with Gasteiger partial charge in [0.15, 0.2) is 11.6 Å². The van der Waals surface area contributed by atoms with Gasteiger partial charge in [-0.2, -0.15) is 5.10 Å². The van der Waals surface area contributed by atoms with Crippen LogP contribution in [0.4, 0.5) is 0 Å². The van der Waals surface area contributed by atoms with Crippen LogP contribution in [0.1, 0.15) is 82.5 Å². The van der Waals surface area contributed by atoms with Crippen LogP contribution in [0.5, 0.6) is 0 Å². The lowest BCUT2D eigenvalue weighted by Crippen LogP contribution is -2.32. The summed E-state index contributed by atoms with van der Waals surface area (Å²) in [4.78, 5) is 4.93. The number of aryl methyl sites for hydroxylation is 2. The minimum Gasteiger partial charge on any atom is -0.245 e. The molecule has 2 aromatic heterocycles. The van der Waals surface area contributed by atoms with Gasteiger partial charge in [-0.1, -0.05) is 52.7 Å². The molecule has 0 bridgehead atoms. The van der Waals surface area contributed by atoms with E-state index in [0.717, 1.165) is 55.7 Å². The molecule has 0 saturated heterocycles. The summed E-state index contributed by atoms with van der Waals surface area (Å²) in [6.07, 6.45) is 6.10. The van der Waals surface area contributed by atoms with Crippen molar-refractivity contribution in [2.24, 2.45) is 5.92 Å². The molecule has 0 aliphatic heterocycles. The molecular weight excluding hydrogens is 440 g/mol. The summed E-state index contributed by atoms with van der Waals surface area (Å²) in [5, 5.41) is 18.3. The summed E-state index contributed by atoms with van der Waals surface area (Å²) < 4.78 is 30.6. The number of nitrogens with one attached hydrogen (secondary N) is 2. The van der Waals surface area contributed by atoms with Crippen molar-refractivity contribution in [2.45, 2.75) is 83.7 Å². The number of H-pyrrole nitrogens is 1. The highest BCUT2D eigenvalue weighted by Crippen LogP contribution is 2.21. The van der Waals surface area contributed by atoms with Crippen LogP contribution >= 0.6 is 0 Å². The van der Waals surface area contributed by atoms with Crippen molar-refractivity contribution in [3.8, 4) is 0 Å². The van der Waals surface area contributed by atoms with Crippen LogP contribution in [0.2, 0.25) is 0 Å². The van der Waals surface area contributed by atoms with Gasteiger partial charge in [0.05, 0.1) is 17.5 Å². The average Bonchev–Trinajstić information content (AvgIpc) is 3.45. The summed E-state index contributed by atoms with van der Waals surface area (Å²) >= 11 is 0. The fraction of sp³-hybridized carbons (Fsp3) is 0.591. The van der Waals surface area contributed by atoms with E-state index < -0.39 is 16.1 Å². The summed E-state index contributed by atoms with van der Waals surface area (Å²) in [7, 11) is -3.75. The van der Waals surface area contributed by atoms with Gasteiger partial charge in [0.1, 0.15) is 5.82 Å². The predicted octanol–water partition coefficient (Wildman–Crippen LogP) is 3.20. The molecule has 33 heavy (non-hydrogen) atoms. The van der Waals surface area contributed by atoms with Crippen LogP contribution in [0.3, 0.4) is 0 Å². The molecule has 2 N–H and O–H groups in total. The van der Waals surface area contributed by atoms with Gasteiger partial charge in [0.2, 0.25) is 10.0 Å². The highest BCUT2D eigenvalue weighted by Gasteiger charge is 2.26. The van der Waals surface area contributed by atoms with Crippen LogP contribution < -0.4 is 4.72 Å². The molecule has 0 aliphatic rings. The second-order valence-electron chi connectivity index (χ2n) is 8.58. The van der Waals surface area contributed by atoms with E-state index in [1.165, 1.54) is 0 Å². The average molecular weight is 475 g/mol. The second kappa shape index (κ2) is 11.5. The molecule has 0 spiro atoms. The van der Waals surface area contributed by atoms with E-state index in [9.17, 15) is 8.42 Å². The maximum Gasteiger partial charge on any atom is 0.241 e. The van der Waals surface area contributed by atoms with E-state index in [2.05, 4.69) is 39.2 Å². The molecule has 0 fully saturated rings. The number of nitrogens with zero attached hydrogens (tertiary/aromatic N) is 6. The van der Waals surface area contributed by atoms with Crippen LogP contribution in [0.25, 0.3) is 0 Å². The Morgan fingerprint density at radius 1 is 1.06 bits per heavy atom. The Morgan fingerprint density at radius 2 is 1.76 bits per heavy atom. The first-order valence-corrected chi connectivity index (χ1v) is 13.1. The van der Waals surface area contributed by atoms with Crippen molar-refractivity contribution in [1.82, 2.24) is 40.1 Å². The van der Waals surface area contributed by atoms with Gasteiger partial charge in [0, 0.05) is 12.8 Å². The van der Waals surface area contributed by atoms with Crippen LogP contribution in [-0.4, -0.2) is 43.8 Å². The molecule has 0 amide bonds. The number of benzene rings is 1. The topological polar surface area (TPSA) is 131 Å². The maximum absolute atomic E-state index is 13.0. The van der Waals surface area contributed by atoms with Crippen LogP contribution in [0.15, 0.2) is 29.2 Å². The van der Waals surface area contributed by atoms with E-state index in [-0.39, 0.29) is 10.8 Å². The first-order valence-electron chi connectivity index (χ1n) is 11.6. The zero-order valence-electron chi connectivity index (χ0n) is 19.8. The van der Waals surface area contributed by atoms with Crippen LogP contribution in [-0.2, 0) is 29.4 Å². The molecule has 180 valence electrons. The first kappa shape index (κ1) is 25.0. The molecule has 0 saturated carbocycles. The Hall–Kier alpha value is -2.66. The largest absolute Gasteiger partial charge is 0.245 e. The van der Waals surface area contributed by atoms with E-state index in [1.54, 1.807) is 12.1 Å². The molecule has 10 nitrogen and oxygen atoms in total. The standard InChI is InChI=1S/C22H34N8O2S/c1-5-7-9-19-23-20(10-8-6-2)30(26-19)15-17-11-13-18(14-12-17)33(31,32)27-21(16(3)4)22-24-28-29-25-22/h11-14,16,21,27H,5-10,15H2,1-4H3,(H,24,25,28,29)/t21-/m1/s1. The Kier molecular flexibility index (Phi) is 8.67. The zero-order valence-corrected chi connectivity index (χ0v) is 20.6. The highest BCUT2D eigenvalue weighted by molar-refractivity contribution is 7.89. The molecule has 3 rings (SSSR count). The fourth-order valence-corrected chi connectivity index (χ4v) is 4.85. The van der Waals surface area contributed by atoms with Gasteiger partial charge >= 0.3 is 0 Å². The molecule has 11 heteroatoms. The van der Waals surface area contributed by atoms with Crippen molar-refractivity contribution < 1.29 is 8.42 Å². The Morgan fingerprint density at radius 3 is 2.36 bits per heavy atom. The number of unbranched alkanes of at least 4 members (excludes halogenated alkanes) is 2. The van der Waals surface area contributed by atoms with Crippen molar-refractivity contribution in [1.29, 1.82) is 0 Å². The maximum atomic E-state index is 13.0. The summed E-state index contributed by atoms with van der Waals surface area (Å²) in [6, 6.07) is 6.34. The number of rotatable bonds is 13. The number of tetrazole rings is 1. The lowest BCUT2D eigenvalue weighted by molar-refractivity contribution is 0.444. The highest BCUT2D eigenvalue weighted by atomic mass is 32.2. The quantitative estimate of drug-likeness (QED) is 0.389. The molecule has 0 unspecified atom stereocenters. The van der Waals surface area contributed by atoms with Gasteiger partial charge in [-0.15, -0.1) is 5.10 Å². The Labute approximate surface area is 195 Å². The fourth-order valence-electron chi connectivity index (χ4n) is 3.50. The molecule has 0 radical (unpaired) electrons. The molecule has 2 heterocycles. The minimum atomic E-state index is -3.75. The lowest BCUT2D eigenvalue weighted by atomic mass is 10.1. The second-order valence-corrected chi connectivity index (χ2v) is 10.3. The molecule has 3 aromatic rings. The third-order valence-electron chi connectivity index (χ3n) is 5.47. The van der Waals surface area contributed by atoms with Gasteiger partial charge < -0.3 is 0 Å². The minimum absolute atomic E-state index is 0.0374. The molecule has 1 aromatic carbocycles. The van der Waals surface area contributed by atoms with Crippen molar-refractivity contribution in [3.63, 3.8) is 0 Å². The van der Waals surface area contributed by atoms with Gasteiger partial charge in [-0.25, -0.2) is 27.9 Å². The number of hydrogen-bond acceptors (Lipinski definition) is 7. The smallest absolute Gasteiger partial charge is 0.241 e. The SMILES string of the molecule is CCCCc1nc(CCCC)n(Cc2ccc(S(=O)(=O)N[C@@H](c3nnn[nH]3)C(C)C)cc2)n1. The van der Waals surface area contributed by atoms with E-state index in [4.69, 9.17) is 10.1 Å². The third kappa shape index (κ3) is 6.67. The summed E-state index contributed by atoms with van der Waals surface area (Å²) in [5.41, 5.74) is 0.971. The van der Waals surface area contributed by atoms with Gasteiger partial charge in [-0.05, 0) is 46.9 Å². The van der Waals surface area contributed by atoms with E-state index in [0.29, 0.717) is 12.4 Å². The summed E-state index contributed by atoms with van der Waals surface area (Å²) in [5.74, 6) is 2.22. The third-order valence-corrected chi connectivity index (χ3v) is 6.93. The lowest BCUT2D eigenvalue weighted by Gasteiger charge is -2.19. The normalized spacial score (nSPS) is 13.0. The van der Waals surface area contributed by atoms with Crippen molar-refractivity contribution >= 4 is 10.0 Å². The van der Waals surface area contributed by atoms with Crippen molar-refractivity contribution in [3.05, 3.63) is 47.3 Å². The van der Waals surface area contributed by atoms with E-state index in [1.807, 2.05) is 30.7 Å². The summed E-state index contributed by atoms with van der Waals surface area (Å²) in [6.45, 7) is 8.69. The molecule has 1 atom stereocenters. The first-order chi connectivity index (χ1) is 15.8. The van der Waals surface area contributed by atoms with Crippen LogP contribution in [0, 0.1) is 5.92 Å². The molecular formula is C22H34N8O2S. The Bertz CT molecular complexity index is 1090. The molecule has 0 aliphatic carbocycles. The van der Waals surface area contributed by atoms with Crippen molar-refractivity contribution in [2.75, 3.05) is 0 Å². The number of aromatic nitrogens is 7.